The molecule has 0 radical (unpaired) electrons. The van der Waals surface area contributed by atoms with Gasteiger partial charge in [-0.2, -0.15) is 5.10 Å². The average Bonchev–Trinajstić information content (AvgIpc) is 3.22. The minimum Gasteiger partial charge on any atom is -0.374 e. The van der Waals surface area contributed by atoms with Gasteiger partial charge in [-0.05, 0) is 18.4 Å². The van der Waals surface area contributed by atoms with Crippen LogP contribution >= 0.6 is 12.4 Å². The van der Waals surface area contributed by atoms with Gasteiger partial charge in [-0.25, -0.2) is 0 Å². The minimum atomic E-state index is 0. The molecule has 1 aromatic heterocycles. The molecule has 0 spiro atoms. The molecule has 1 amide bonds. The van der Waals surface area contributed by atoms with Crippen LogP contribution in [0.1, 0.15) is 37.2 Å². The molecule has 24 heavy (non-hydrogen) atoms. The van der Waals surface area contributed by atoms with Crippen molar-refractivity contribution in [2.45, 2.75) is 43.7 Å². The fourth-order valence-corrected chi connectivity index (χ4v) is 4.50. The maximum atomic E-state index is 13.2. The van der Waals surface area contributed by atoms with E-state index in [1.165, 1.54) is 18.4 Å². The summed E-state index contributed by atoms with van der Waals surface area (Å²) in [4.78, 5) is 15.4. The van der Waals surface area contributed by atoms with Crippen LogP contribution in [0.2, 0.25) is 0 Å². The highest BCUT2D eigenvalue weighted by Gasteiger charge is 2.42. The Morgan fingerprint density at radius 1 is 1.33 bits per heavy atom. The van der Waals surface area contributed by atoms with Crippen LogP contribution in [0.15, 0.2) is 12.4 Å². The number of carbonyl (C=O) groups is 1. The molecule has 4 atom stereocenters. The van der Waals surface area contributed by atoms with Crippen LogP contribution in [0.3, 0.4) is 0 Å². The highest BCUT2D eigenvalue weighted by molar-refractivity contribution is 5.85. The lowest BCUT2D eigenvalue weighted by molar-refractivity contribution is -0.153. The molecule has 3 aliphatic rings. The number of nitrogens with zero attached hydrogens (tertiary/aromatic N) is 3. The number of aryl methyl sites for hydroxylation is 1. The van der Waals surface area contributed by atoms with Crippen molar-refractivity contribution < 1.29 is 9.53 Å². The summed E-state index contributed by atoms with van der Waals surface area (Å²) < 4.78 is 7.74. The van der Waals surface area contributed by atoms with Crippen molar-refractivity contribution in [3.63, 3.8) is 0 Å². The Morgan fingerprint density at radius 2 is 2.17 bits per heavy atom. The fraction of sp³-hybridized carbons (Fsp3) is 0.765. The van der Waals surface area contributed by atoms with Gasteiger partial charge in [-0.1, -0.05) is 12.8 Å². The quantitative estimate of drug-likeness (QED) is 0.870. The summed E-state index contributed by atoms with van der Waals surface area (Å²) in [5, 5.41) is 7.68. The molecular weight excluding hydrogens is 328 g/mol. The zero-order valence-corrected chi connectivity index (χ0v) is 15.0. The molecule has 0 bridgehead atoms. The number of ether oxygens (including phenoxy) is 1. The molecule has 3 heterocycles. The lowest BCUT2D eigenvalue weighted by atomic mass is 9.86. The second kappa shape index (κ2) is 7.42. The van der Waals surface area contributed by atoms with Gasteiger partial charge < -0.3 is 15.0 Å². The van der Waals surface area contributed by atoms with Gasteiger partial charge in [-0.3, -0.25) is 9.48 Å². The Morgan fingerprint density at radius 3 is 2.96 bits per heavy atom. The fourth-order valence-electron chi connectivity index (χ4n) is 4.50. The Kier molecular flexibility index (Phi) is 5.47. The summed E-state index contributed by atoms with van der Waals surface area (Å²) in [6.45, 7) is 3.06. The third-order valence-corrected chi connectivity index (χ3v) is 5.70. The highest BCUT2D eigenvalue weighted by Crippen LogP contribution is 2.34. The number of hydrogen-bond acceptors (Lipinski definition) is 4. The lowest BCUT2D eigenvalue weighted by Crippen LogP contribution is -2.56. The van der Waals surface area contributed by atoms with E-state index >= 15 is 0 Å². The highest BCUT2D eigenvalue weighted by atomic mass is 35.5. The van der Waals surface area contributed by atoms with E-state index in [2.05, 4.69) is 15.3 Å². The van der Waals surface area contributed by atoms with Gasteiger partial charge >= 0.3 is 0 Å². The van der Waals surface area contributed by atoms with Gasteiger partial charge in [0.2, 0.25) is 5.91 Å². The molecule has 1 saturated carbocycles. The van der Waals surface area contributed by atoms with Crippen molar-refractivity contribution >= 4 is 18.3 Å². The van der Waals surface area contributed by atoms with Gasteiger partial charge in [0.1, 0.15) is 0 Å². The first-order valence-electron chi connectivity index (χ1n) is 8.85. The molecule has 1 N–H and O–H groups in total. The van der Waals surface area contributed by atoms with Gasteiger partial charge in [-0.15, -0.1) is 12.4 Å². The molecule has 2 unspecified atom stereocenters. The predicted octanol–water partition coefficient (Wildman–Crippen LogP) is 1.31. The van der Waals surface area contributed by atoms with E-state index in [1.54, 1.807) is 0 Å². The maximum absolute atomic E-state index is 13.2. The molecule has 2 saturated heterocycles. The van der Waals surface area contributed by atoms with E-state index in [1.807, 2.05) is 24.1 Å². The van der Waals surface area contributed by atoms with Crippen molar-refractivity contribution in [2.75, 3.05) is 26.2 Å². The van der Waals surface area contributed by atoms with Crippen LogP contribution in [0.4, 0.5) is 0 Å². The van der Waals surface area contributed by atoms with Crippen LogP contribution in [-0.4, -0.2) is 59.0 Å². The Labute approximate surface area is 149 Å². The Balaban J connectivity index is 0.00000169. The van der Waals surface area contributed by atoms with Crippen molar-refractivity contribution in [1.29, 1.82) is 0 Å². The molecule has 3 fully saturated rings. The van der Waals surface area contributed by atoms with Crippen LogP contribution in [0.25, 0.3) is 0 Å². The molecular formula is C17H27ClN4O2. The van der Waals surface area contributed by atoms with E-state index in [0.717, 1.165) is 32.5 Å². The number of morpholine rings is 1. The van der Waals surface area contributed by atoms with E-state index in [0.29, 0.717) is 18.6 Å². The van der Waals surface area contributed by atoms with E-state index in [9.17, 15) is 4.79 Å². The van der Waals surface area contributed by atoms with E-state index in [4.69, 9.17) is 4.74 Å². The predicted molar refractivity (Wildman–Crippen MR) is 93.3 cm³/mol. The molecule has 6 nitrogen and oxygen atoms in total. The summed E-state index contributed by atoms with van der Waals surface area (Å²) in [5.41, 5.74) is 1.17. The van der Waals surface area contributed by atoms with Gasteiger partial charge in [0.05, 0.1) is 30.9 Å². The van der Waals surface area contributed by atoms with Gasteiger partial charge in [0.25, 0.3) is 0 Å². The molecule has 134 valence electrons. The summed E-state index contributed by atoms with van der Waals surface area (Å²) in [5.74, 6) is 0.574. The summed E-state index contributed by atoms with van der Waals surface area (Å²) in [6, 6.07) is 0.292. The Bertz CT molecular complexity index is 577. The second-order valence-corrected chi connectivity index (χ2v) is 7.11. The molecule has 1 aromatic rings. The molecule has 4 rings (SSSR count). The molecule has 2 aliphatic heterocycles. The lowest BCUT2D eigenvalue weighted by Gasteiger charge is -2.45. The SMILES string of the molecule is Cl.Cn1cc([C@H]2CNC[C@@H]2C(=O)N2CCOC3CCCCC32)cn1. The topological polar surface area (TPSA) is 59.4 Å². The standard InChI is InChI=1S/C17H26N4O2.ClH/c1-20-11-12(8-19-20)13-9-18-10-14(13)17(22)21-6-7-23-16-5-3-2-4-15(16)21;/h8,11,13-16,18H,2-7,9-10H2,1H3;1H/t13-,14+,15?,16?;/m1./s1. The third kappa shape index (κ3) is 3.19. The Hall–Kier alpha value is -1.11. The van der Waals surface area contributed by atoms with E-state index < -0.39 is 0 Å². The molecule has 1 aliphatic carbocycles. The van der Waals surface area contributed by atoms with Crippen molar-refractivity contribution in [2.24, 2.45) is 13.0 Å². The van der Waals surface area contributed by atoms with Crippen molar-refractivity contribution in [1.82, 2.24) is 20.0 Å². The number of aromatic nitrogens is 2. The summed E-state index contributed by atoms with van der Waals surface area (Å²) in [6.07, 6.45) is 8.84. The van der Waals surface area contributed by atoms with Crippen molar-refractivity contribution in [3.05, 3.63) is 18.0 Å². The smallest absolute Gasteiger partial charge is 0.228 e. The second-order valence-electron chi connectivity index (χ2n) is 7.11. The zero-order valence-electron chi connectivity index (χ0n) is 14.2. The number of hydrogen-bond donors (Lipinski definition) is 1. The number of carbonyl (C=O) groups excluding carboxylic acids is 1. The number of nitrogens with one attached hydrogen (secondary N) is 1. The minimum absolute atomic E-state index is 0. The number of amides is 1. The first-order chi connectivity index (χ1) is 11.2. The largest absolute Gasteiger partial charge is 0.374 e. The summed E-state index contributed by atoms with van der Waals surface area (Å²) in [7, 11) is 1.93. The zero-order chi connectivity index (χ0) is 15.8. The monoisotopic (exact) mass is 354 g/mol. The maximum Gasteiger partial charge on any atom is 0.228 e. The number of fused-ring (bicyclic) bond motifs is 1. The molecule has 7 heteroatoms. The summed E-state index contributed by atoms with van der Waals surface area (Å²) >= 11 is 0. The van der Waals surface area contributed by atoms with Crippen LogP contribution in [0.5, 0.6) is 0 Å². The average molecular weight is 355 g/mol. The molecule has 0 aromatic carbocycles. The van der Waals surface area contributed by atoms with Crippen LogP contribution in [-0.2, 0) is 16.6 Å². The first kappa shape index (κ1) is 17.7. The van der Waals surface area contributed by atoms with E-state index in [-0.39, 0.29) is 30.3 Å². The van der Waals surface area contributed by atoms with Crippen LogP contribution in [0, 0.1) is 5.92 Å². The number of rotatable bonds is 2. The van der Waals surface area contributed by atoms with Crippen LogP contribution < -0.4 is 5.32 Å². The van der Waals surface area contributed by atoms with Crippen molar-refractivity contribution in [3.8, 4) is 0 Å². The van der Waals surface area contributed by atoms with Gasteiger partial charge in [0, 0.05) is 38.8 Å². The van der Waals surface area contributed by atoms with Gasteiger partial charge in [0.15, 0.2) is 0 Å². The third-order valence-electron chi connectivity index (χ3n) is 5.70. The number of halogens is 1. The first-order valence-corrected chi connectivity index (χ1v) is 8.85. The normalized spacial score (nSPS) is 33.0.